The van der Waals surface area contributed by atoms with Gasteiger partial charge < -0.3 is 4.42 Å². The molecule has 3 aromatic heterocycles. The highest BCUT2D eigenvalue weighted by molar-refractivity contribution is 6.19. The van der Waals surface area contributed by atoms with Gasteiger partial charge in [-0.2, -0.15) is 0 Å². The molecule has 0 N–H and O–H groups in total. The first-order valence-corrected chi connectivity index (χ1v) is 15.5. The summed E-state index contributed by atoms with van der Waals surface area (Å²) < 4.78 is 8.98. The maximum atomic E-state index is 6.72. The average molecular weight is 588 g/mol. The number of hydrogen-bond acceptors (Lipinski definition) is 3. The quantitative estimate of drug-likeness (QED) is 0.207. The Bertz CT molecular complexity index is 2790. The maximum absolute atomic E-state index is 6.72. The zero-order valence-corrected chi connectivity index (χ0v) is 24.7. The molecular weight excluding hydrogens is 562 g/mol. The van der Waals surface area contributed by atoms with Crippen molar-refractivity contribution in [2.75, 3.05) is 0 Å². The molecule has 4 heteroatoms. The van der Waals surface area contributed by atoms with Crippen LogP contribution in [0.2, 0.25) is 0 Å². The van der Waals surface area contributed by atoms with E-state index in [0.717, 1.165) is 55.2 Å². The van der Waals surface area contributed by atoms with Crippen LogP contribution in [0.3, 0.4) is 0 Å². The molecule has 3 heterocycles. The minimum absolute atomic E-state index is 0.657. The summed E-state index contributed by atoms with van der Waals surface area (Å²) in [4.78, 5) is 10.6. The van der Waals surface area contributed by atoms with E-state index in [4.69, 9.17) is 14.4 Å². The lowest BCUT2D eigenvalue weighted by molar-refractivity contribution is 0.662. The molecule has 0 aliphatic heterocycles. The molecule has 0 spiro atoms. The van der Waals surface area contributed by atoms with Gasteiger partial charge in [0.25, 0.3) is 0 Å². The predicted octanol–water partition coefficient (Wildman–Crippen LogP) is 11.1. The minimum Gasteiger partial charge on any atom is -0.450 e. The molecular formula is C42H25N3O. The lowest BCUT2D eigenvalue weighted by atomic mass is 10.0. The van der Waals surface area contributed by atoms with Crippen molar-refractivity contribution in [3.63, 3.8) is 0 Å². The van der Waals surface area contributed by atoms with Crippen LogP contribution in [0.5, 0.6) is 0 Å². The first kappa shape index (κ1) is 25.1. The number of fused-ring (bicyclic) bond motifs is 9. The van der Waals surface area contributed by atoms with Crippen molar-refractivity contribution in [3.05, 3.63) is 152 Å². The first-order chi connectivity index (χ1) is 22.8. The Morgan fingerprint density at radius 3 is 1.93 bits per heavy atom. The van der Waals surface area contributed by atoms with Gasteiger partial charge in [-0.25, -0.2) is 9.97 Å². The Morgan fingerprint density at radius 2 is 1.11 bits per heavy atom. The third kappa shape index (κ3) is 3.67. The standard InChI is InChI=1S/C42H25N3O/c1-2-10-26(11-3-1)27-18-20-29(21-19-27)41-43-39-38-32-15-7-6-12-28(32)22-23-37(38)46-40(39)42(44-41)45-35-17-9-8-16-33(35)34-24-30-13-4-5-14-31(30)25-36(34)45/h1-25H. The highest BCUT2D eigenvalue weighted by Crippen LogP contribution is 2.41. The summed E-state index contributed by atoms with van der Waals surface area (Å²) in [5, 5.41) is 8.00. The molecule has 0 bridgehead atoms. The molecule has 0 radical (unpaired) electrons. The topological polar surface area (TPSA) is 43.9 Å². The van der Waals surface area contributed by atoms with E-state index in [1.54, 1.807) is 0 Å². The van der Waals surface area contributed by atoms with E-state index in [0.29, 0.717) is 11.4 Å². The molecule has 10 rings (SSSR count). The number of furan rings is 1. The molecule has 4 nitrogen and oxygen atoms in total. The van der Waals surface area contributed by atoms with Crippen LogP contribution in [0.1, 0.15) is 0 Å². The van der Waals surface area contributed by atoms with Crippen molar-refractivity contribution >= 4 is 65.4 Å². The monoisotopic (exact) mass is 587 g/mol. The van der Waals surface area contributed by atoms with Crippen molar-refractivity contribution < 1.29 is 4.42 Å². The number of rotatable bonds is 3. The van der Waals surface area contributed by atoms with Gasteiger partial charge in [0.1, 0.15) is 11.1 Å². The smallest absolute Gasteiger partial charge is 0.197 e. The zero-order chi connectivity index (χ0) is 30.2. The fraction of sp³-hybridized carbons (Fsp3) is 0. The number of para-hydroxylation sites is 1. The van der Waals surface area contributed by atoms with Crippen LogP contribution in [-0.2, 0) is 0 Å². The molecule has 0 atom stereocenters. The number of benzene rings is 7. The largest absolute Gasteiger partial charge is 0.450 e. The molecule has 214 valence electrons. The fourth-order valence-corrected chi connectivity index (χ4v) is 7.00. The molecule has 0 aliphatic rings. The average Bonchev–Trinajstić information content (AvgIpc) is 3.66. The van der Waals surface area contributed by atoms with Crippen LogP contribution in [0, 0.1) is 0 Å². The highest BCUT2D eigenvalue weighted by Gasteiger charge is 2.23. The van der Waals surface area contributed by atoms with E-state index in [1.165, 1.54) is 27.1 Å². The molecule has 10 aromatic rings. The highest BCUT2D eigenvalue weighted by atomic mass is 16.3. The van der Waals surface area contributed by atoms with E-state index < -0.39 is 0 Å². The molecule has 46 heavy (non-hydrogen) atoms. The van der Waals surface area contributed by atoms with Crippen LogP contribution < -0.4 is 0 Å². The van der Waals surface area contributed by atoms with Gasteiger partial charge in [-0.15, -0.1) is 0 Å². The van der Waals surface area contributed by atoms with E-state index in [-0.39, 0.29) is 0 Å². The third-order valence-corrected chi connectivity index (χ3v) is 9.19. The minimum atomic E-state index is 0.657. The van der Waals surface area contributed by atoms with Gasteiger partial charge in [0.15, 0.2) is 17.2 Å². The van der Waals surface area contributed by atoms with Crippen LogP contribution >= 0.6 is 0 Å². The van der Waals surface area contributed by atoms with E-state index in [9.17, 15) is 0 Å². The van der Waals surface area contributed by atoms with Crippen molar-refractivity contribution in [1.82, 2.24) is 14.5 Å². The Kier molecular flexibility index (Phi) is 5.25. The summed E-state index contributed by atoms with van der Waals surface area (Å²) in [6, 6.07) is 53.2. The molecule has 0 fully saturated rings. The lowest BCUT2D eigenvalue weighted by Crippen LogP contribution is -2.02. The van der Waals surface area contributed by atoms with Gasteiger partial charge in [0.05, 0.1) is 16.4 Å². The predicted molar refractivity (Wildman–Crippen MR) is 190 cm³/mol. The van der Waals surface area contributed by atoms with Crippen molar-refractivity contribution in [3.8, 4) is 28.3 Å². The van der Waals surface area contributed by atoms with Crippen LogP contribution in [0.4, 0.5) is 0 Å². The summed E-state index contributed by atoms with van der Waals surface area (Å²) in [7, 11) is 0. The summed E-state index contributed by atoms with van der Waals surface area (Å²) in [5.41, 5.74) is 7.71. The van der Waals surface area contributed by atoms with Crippen molar-refractivity contribution in [2.45, 2.75) is 0 Å². The van der Waals surface area contributed by atoms with Crippen molar-refractivity contribution in [1.29, 1.82) is 0 Å². The molecule has 0 saturated carbocycles. The zero-order valence-electron chi connectivity index (χ0n) is 24.7. The normalized spacial score (nSPS) is 11.9. The second-order valence-electron chi connectivity index (χ2n) is 11.8. The Morgan fingerprint density at radius 1 is 0.457 bits per heavy atom. The summed E-state index contributed by atoms with van der Waals surface area (Å²) in [6.45, 7) is 0. The Hall–Kier alpha value is -6.26. The molecule has 7 aromatic carbocycles. The lowest BCUT2D eigenvalue weighted by Gasteiger charge is -2.11. The fourth-order valence-electron chi connectivity index (χ4n) is 7.00. The van der Waals surface area contributed by atoms with E-state index in [2.05, 4.69) is 150 Å². The van der Waals surface area contributed by atoms with E-state index >= 15 is 0 Å². The van der Waals surface area contributed by atoms with Crippen LogP contribution in [0.25, 0.3) is 93.8 Å². The Labute approximate surface area is 263 Å². The summed E-state index contributed by atoms with van der Waals surface area (Å²) in [5.74, 6) is 1.39. The van der Waals surface area contributed by atoms with Gasteiger partial charge in [-0.3, -0.25) is 4.57 Å². The number of aromatic nitrogens is 3. The number of nitrogens with zero attached hydrogens (tertiary/aromatic N) is 3. The van der Waals surface area contributed by atoms with Crippen LogP contribution in [-0.4, -0.2) is 14.5 Å². The van der Waals surface area contributed by atoms with Gasteiger partial charge in [-0.05, 0) is 56.9 Å². The van der Waals surface area contributed by atoms with Crippen molar-refractivity contribution in [2.24, 2.45) is 0 Å². The third-order valence-electron chi connectivity index (χ3n) is 9.19. The molecule has 0 amide bonds. The number of hydrogen-bond donors (Lipinski definition) is 0. The molecule has 0 unspecified atom stereocenters. The molecule has 0 aliphatic carbocycles. The second-order valence-corrected chi connectivity index (χ2v) is 11.8. The Balaban J connectivity index is 1.32. The van der Waals surface area contributed by atoms with Gasteiger partial charge in [0.2, 0.25) is 0 Å². The van der Waals surface area contributed by atoms with Crippen LogP contribution in [0.15, 0.2) is 156 Å². The maximum Gasteiger partial charge on any atom is 0.197 e. The SMILES string of the molecule is c1ccc(-c2ccc(-c3nc(-n4c5ccccc5c5cc6ccccc6cc54)c4oc5ccc6ccccc6c5c4n3)cc2)cc1. The second kappa shape index (κ2) is 9.62. The first-order valence-electron chi connectivity index (χ1n) is 15.5. The summed E-state index contributed by atoms with van der Waals surface area (Å²) in [6.07, 6.45) is 0. The van der Waals surface area contributed by atoms with Gasteiger partial charge >= 0.3 is 0 Å². The van der Waals surface area contributed by atoms with E-state index in [1.807, 2.05) is 6.07 Å². The van der Waals surface area contributed by atoms with Gasteiger partial charge in [0, 0.05) is 16.3 Å². The summed E-state index contributed by atoms with van der Waals surface area (Å²) >= 11 is 0. The van der Waals surface area contributed by atoms with Gasteiger partial charge in [-0.1, -0.05) is 127 Å². The molecule has 0 saturated heterocycles.